The van der Waals surface area contributed by atoms with Crippen LogP contribution in [0.5, 0.6) is 0 Å². The molecule has 1 atom stereocenters. The van der Waals surface area contributed by atoms with Gasteiger partial charge in [0.1, 0.15) is 17.5 Å². The number of anilines is 2. The number of fused-ring (bicyclic) bond motifs is 1. The van der Waals surface area contributed by atoms with Gasteiger partial charge in [-0.1, -0.05) is 0 Å². The van der Waals surface area contributed by atoms with Crippen LogP contribution in [-0.2, 0) is 6.42 Å². The standard InChI is InChI=1S/C13H16N4S/c1-8-15-12(14)7-13(16-8)17-10-3-2-4-11-9(10)5-6-18-11/h5-7,10H,2-4H2,1H3,(H3,14,15,16,17). The SMILES string of the molecule is Cc1nc(N)cc(NC2CCCc3sccc32)n1. The molecule has 2 aromatic rings. The lowest BCUT2D eigenvalue weighted by Gasteiger charge is -2.24. The number of nitrogens with two attached hydrogens (primary N) is 1. The maximum absolute atomic E-state index is 5.75. The van der Waals surface area contributed by atoms with Crippen molar-refractivity contribution in [2.75, 3.05) is 11.1 Å². The molecule has 94 valence electrons. The third kappa shape index (κ3) is 2.18. The summed E-state index contributed by atoms with van der Waals surface area (Å²) in [5.41, 5.74) is 7.17. The van der Waals surface area contributed by atoms with Crippen molar-refractivity contribution >= 4 is 23.0 Å². The lowest BCUT2D eigenvalue weighted by atomic mass is 9.94. The van der Waals surface area contributed by atoms with Crippen molar-refractivity contribution in [2.24, 2.45) is 0 Å². The fourth-order valence-electron chi connectivity index (χ4n) is 2.48. The van der Waals surface area contributed by atoms with Gasteiger partial charge in [0, 0.05) is 10.9 Å². The Hall–Kier alpha value is -1.62. The number of nitrogens with zero attached hydrogens (tertiary/aromatic N) is 2. The topological polar surface area (TPSA) is 63.8 Å². The van der Waals surface area contributed by atoms with Gasteiger partial charge in [0.05, 0.1) is 6.04 Å². The average molecular weight is 260 g/mol. The molecule has 0 amide bonds. The summed E-state index contributed by atoms with van der Waals surface area (Å²) in [6.07, 6.45) is 3.58. The van der Waals surface area contributed by atoms with Gasteiger partial charge in [-0.3, -0.25) is 0 Å². The van der Waals surface area contributed by atoms with E-state index < -0.39 is 0 Å². The summed E-state index contributed by atoms with van der Waals surface area (Å²) in [5, 5.41) is 5.65. The van der Waals surface area contributed by atoms with Crippen molar-refractivity contribution in [3.8, 4) is 0 Å². The van der Waals surface area contributed by atoms with Crippen LogP contribution in [0.15, 0.2) is 17.5 Å². The molecular weight excluding hydrogens is 244 g/mol. The van der Waals surface area contributed by atoms with Crippen molar-refractivity contribution in [3.05, 3.63) is 33.8 Å². The molecular formula is C13H16N4S. The molecule has 18 heavy (non-hydrogen) atoms. The normalized spacial score (nSPS) is 18.4. The highest BCUT2D eigenvalue weighted by Gasteiger charge is 2.21. The molecule has 0 radical (unpaired) electrons. The minimum Gasteiger partial charge on any atom is -0.384 e. The van der Waals surface area contributed by atoms with Crippen LogP contribution in [0.4, 0.5) is 11.6 Å². The van der Waals surface area contributed by atoms with Crippen molar-refractivity contribution in [3.63, 3.8) is 0 Å². The molecule has 1 unspecified atom stereocenters. The average Bonchev–Trinajstić information content (AvgIpc) is 2.76. The van der Waals surface area contributed by atoms with E-state index in [1.54, 1.807) is 6.07 Å². The first-order chi connectivity index (χ1) is 8.72. The van der Waals surface area contributed by atoms with Gasteiger partial charge in [0.25, 0.3) is 0 Å². The van der Waals surface area contributed by atoms with Gasteiger partial charge in [-0.2, -0.15) is 0 Å². The highest BCUT2D eigenvalue weighted by molar-refractivity contribution is 7.10. The molecule has 0 aromatic carbocycles. The van der Waals surface area contributed by atoms with Crippen LogP contribution in [0.3, 0.4) is 0 Å². The first-order valence-corrected chi connectivity index (χ1v) is 7.04. The van der Waals surface area contributed by atoms with Crippen molar-refractivity contribution in [1.29, 1.82) is 0 Å². The molecule has 0 saturated carbocycles. The molecule has 2 aromatic heterocycles. The summed E-state index contributed by atoms with van der Waals surface area (Å²) < 4.78 is 0. The minimum absolute atomic E-state index is 0.355. The number of aromatic nitrogens is 2. The van der Waals surface area contributed by atoms with Crippen LogP contribution in [0.2, 0.25) is 0 Å². The summed E-state index contributed by atoms with van der Waals surface area (Å²) in [6.45, 7) is 1.86. The Morgan fingerprint density at radius 3 is 3.17 bits per heavy atom. The predicted molar refractivity (Wildman–Crippen MR) is 74.8 cm³/mol. The van der Waals surface area contributed by atoms with E-state index >= 15 is 0 Å². The Morgan fingerprint density at radius 1 is 1.44 bits per heavy atom. The Labute approximate surface area is 110 Å². The Bertz CT molecular complexity index is 544. The van der Waals surface area contributed by atoms with E-state index in [1.165, 1.54) is 23.3 Å². The molecule has 5 heteroatoms. The number of nitrogens with one attached hydrogen (secondary N) is 1. The molecule has 3 N–H and O–H groups in total. The number of thiophene rings is 1. The van der Waals surface area contributed by atoms with Crippen LogP contribution in [0.25, 0.3) is 0 Å². The number of hydrogen-bond acceptors (Lipinski definition) is 5. The quantitative estimate of drug-likeness (QED) is 0.871. The second-order valence-corrected chi connectivity index (χ2v) is 5.61. The van der Waals surface area contributed by atoms with Crippen LogP contribution in [0.1, 0.15) is 35.1 Å². The third-order valence-electron chi connectivity index (χ3n) is 3.23. The van der Waals surface area contributed by atoms with E-state index in [1.807, 2.05) is 18.3 Å². The van der Waals surface area contributed by atoms with Gasteiger partial charge >= 0.3 is 0 Å². The molecule has 1 aliphatic carbocycles. The Balaban J connectivity index is 1.86. The molecule has 1 aliphatic rings. The zero-order chi connectivity index (χ0) is 12.5. The second-order valence-electron chi connectivity index (χ2n) is 4.61. The summed E-state index contributed by atoms with van der Waals surface area (Å²) in [6, 6.07) is 4.37. The highest BCUT2D eigenvalue weighted by atomic mass is 32.1. The lowest BCUT2D eigenvalue weighted by Crippen LogP contribution is -2.16. The molecule has 3 rings (SSSR count). The van der Waals surface area contributed by atoms with Crippen LogP contribution in [0, 0.1) is 6.92 Å². The van der Waals surface area contributed by atoms with Crippen molar-refractivity contribution in [1.82, 2.24) is 9.97 Å². The first kappa shape index (κ1) is 11.5. The van der Waals surface area contributed by atoms with Gasteiger partial charge in [-0.05, 0) is 43.2 Å². The maximum Gasteiger partial charge on any atom is 0.132 e. The van der Waals surface area contributed by atoms with Gasteiger partial charge in [-0.25, -0.2) is 9.97 Å². The Morgan fingerprint density at radius 2 is 2.33 bits per heavy atom. The minimum atomic E-state index is 0.355. The van der Waals surface area contributed by atoms with Crippen molar-refractivity contribution in [2.45, 2.75) is 32.2 Å². The second kappa shape index (κ2) is 4.57. The zero-order valence-corrected chi connectivity index (χ0v) is 11.1. The molecule has 4 nitrogen and oxygen atoms in total. The zero-order valence-electron chi connectivity index (χ0n) is 10.3. The number of hydrogen-bond donors (Lipinski definition) is 2. The molecule has 0 spiro atoms. The monoisotopic (exact) mass is 260 g/mol. The van der Waals surface area contributed by atoms with E-state index in [4.69, 9.17) is 5.73 Å². The van der Waals surface area contributed by atoms with Gasteiger partial charge < -0.3 is 11.1 Å². The molecule has 0 aliphatic heterocycles. The van der Waals surface area contributed by atoms with Crippen LogP contribution >= 0.6 is 11.3 Å². The smallest absolute Gasteiger partial charge is 0.132 e. The molecule has 2 heterocycles. The van der Waals surface area contributed by atoms with Crippen molar-refractivity contribution < 1.29 is 0 Å². The number of rotatable bonds is 2. The van der Waals surface area contributed by atoms with Gasteiger partial charge in [0.15, 0.2) is 0 Å². The predicted octanol–water partition coefficient (Wildman–Crippen LogP) is 2.92. The fourth-order valence-corrected chi connectivity index (χ4v) is 3.47. The summed E-state index contributed by atoms with van der Waals surface area (Å²) >= 11 is 1.85. The summed E-state index contributed by atoms with van der Waals surface area (Å²) in [7, 11) is 0. The molecule has 0 fully saturated rings. The fraction of sp³-hybridized carbons (Fsp3) is 0.385. The molecule has 0 bridgehead atoms. The van der Waals surface area contributed by atoms with Crippen LogP contribution in [-0.4, -0.2) is 9.97 Å². The van der Waals surface area contributed by atoms with E-state index in [9.17, 15) is 0 Å². The van der Waals surface area contributed by atoms with E-state index in [-0.39, 0.29) is 0 Å². The van der Waals surface area contributed by atoms with Gasteiger partial charge in [0.2, 0.25) is 0 Å². The summed E-state index contributed by atoms with van der Waals surface area (Å²) in [4.78, 5) is 9.97. The van der Waals surface area contributed by atoms with E-state index in [0.29, 0.717) is 17.7 Å². The lowest BCUT2D eigenvalue weighted by molar-refractivity contribution is 0.606. The number of nitrogen functional groups attached to an aromatic ring is 1. The maximum atomic E-state index is 5.75. The highest BCUT2D eigenvalue weighted by Crippen LogP contribution is 2.35. The van der Waals surface area contributed by atoms with Gasteiger partial charge in [-0.15, -0.1) is 11.3 Å². The number of aryl methyl sites for hydroxylation is 2. The Kier molecular flexibility index (Phi) is 2.91. The molecule has 0 saturated heterocycles. The summed E-state index contributed by atoms with van der Waals surface area (Å²) in [5.74, 6) is 2.05. The third-order valence-corrected chi connectivity index (χ3v) is 4.23. The van der Waals surface area contributed by atoms with E-state index in [2.05, 4.69) is 26.7 Å². The van der Waals surface area contributed by atoms with E-state index in [0.717, 1.165) is 12.2 Å². The van der Waals surface area contributed by atoms with Crippen LogP contribution < -0.4 is 11.1 Å². The first-order valence-electron chi connectivity index (χ1n) is 6.16. The largest absolute Gasteiger partial charge is 0.384 e.